The van der Waals surface area contributed by atoms with E-state index < -0.39 is 6.72 Å². The van der Waals surface area contributed by atoms with E-state index in [0.29, 0.717) is 0 Å². The fourth-order valence-corrected chi connectivity index (χ4v) is 0.738. The van der Waals surface area contributed by atoms with Crippen molar-refractivity contribution in [3.05, 3.63) is 0 Å². The summed E-state index contributed by atoms with van der Waals surface area (Å²) in [5, 5.41) is 0. The van der Waals surface area contributed by atoms with Gasteiger partial charge in [0.1, 0.15) is 0 Å². The summed E-state index contributed by atoms with van der Waals surface area (Å²) < 4.78 is 4.29. The van der Waals surface area contributed by atoms with Crippen LogP contribution in [0.1, 0.15) is 0 Å². The molecule has 0 unspecified atom stereocenters. The van der Waals surface area contributed by atoms with E-state index in [4.69, 9.17) is 15.5 Å². The molecule has 0 saturated heterocycles. The third-order valence-corrected chi connectivity index (χ3v) is 1.21. The van der Waals surface area contributed by atoms with Crippen LogP contribution in [0, 0.1) is 0 Å². The second kappa shape index (κ2) is 6.22. The molecule has 0 aliphatic heterocycles. The summed E-state index contributed by atoms with van der Waals surface area (Å²) in [7, 11) is 0. The van der Waals surface area contributed by atoms with Crippen LogP contribution >= 0.6 is 6.72 Å². The van der Waals surface area contributed by atoms with Crippen molar-refractivity contribution in [3.8, 4) is 0 Å². The van der Waals surface area contributed by atoms with E-state index in [1.54, 1.807) is 0 Å². The smallest absolute Gasteiger partial charge is 0.321 e. The predicted octanol–water partition coefficient (Wildman–Crippen LogP) is -1.21. The van der Waals surface area contributed by atoms with Crippen molar-refractivity contribution in [1.82, 2.24) is 0 Å². The molecule has 7 heteroatoms. The van der Waals surface area contributed by atoms with Crippen LogP contribution < -0.4 is 5.73 Å². The minimum Gasteiger partial charge on any atom is -0.328 e. The van der Waals surface area contributed by atoms with Crippen molar-refractivity contribution < 1.29 is 14.3 Å². The van der Waals surface area contributed by atoms with Gasteiger partial charge in [-0.15, -0.1) is 0 Å². The first-order valence-corrected chi connectivity index (χ1v) is 4.59. The van der Waals surface area contributed by atoms with Gasteiger partial charge < -0.3 is 20.0 Å². The summed E-state index contributed by atoms with van der Waals surface area (Å²) in [6.45, 7) is -3.08. The fraction of sp³-hybridized carbons (Fsp3) is 1.00. The standard InChI is InChI=1S/C2H8NO3PS.Na/c3-1-2-6-7(4,5)8;/h1-3H2,(H2,4,5,8);. The van der Waals surface area contributed by atoms with Gasteiger partial charge in [-0.3, -0.25) is 0 Å². The maximum absolute atomic E-state index is 8.35. The second-order valence-corrected chi connectivity index (χ2v) is 3.78. The first kappa shape index (κ1) is 13.1. The SMILES string of the molecule is NCCOP(O)(O)=S.[Na]. The van der Waals surface area contributed by atoms with E-state index >= 15 is 0 Å². The van der Waals surface area contributed by atoms with E-state index in [9.17, 15) is 0 Å². The molecule has 0 saturated carbocycles. The molecule has 4 N–H and O–H groups in total. The summed E-state index contributed by atoms with van der Waals surface area (Å²) in [6, 6.07) is 0. The zero-order chi connectivity index (χ0) is 6.62. The third-order valence-electron chi connectivity index (χ3n) is 0.377. The van der Waals surface area contributed by atoms with Crippen LogP contribution in [0.2, 0.25) is 0 Å². The average Bonchev–Trinajstić information content (AvgIpc) is 1.59. The Kier molecular flexibility index (Phi) is 9.05. The average molecular weight is 180 g/mol. The topological polar surface area (TPSA) is 75.7 Å². The van der Waals surface area contributed by atoms with Gasteiger partial charge >= 0.3 is 6.72 Å². The van der Waals surface area contributed by atoms with Crippen molar-refractivity contribution in [1.29, 1.82) is 0 Å². The molecule has 0 aliphatic carbocycles. The Labute approximate surface area is 80.9 Å². The Bertz CT molecular complexity index is 106. The predicted molar refractivity (Wildman–Crippen MR) is 39.5 cm³/mol. The van der Waals surface area contributed by atoms with Crippen LogP contribution in [0.5, 0.6) is 0 Å². The third kappa shape index (κ3) is 12.6. The number of hydrogen-bond acceptors (Lipinski definition) is 3. The molecular weight excluding hydrogens is 172 g/mol. The summed E-state index contributed by atoms with van der Waals surface area (Å²) in [6.07, 6.45) is 0. The van der Waals surface area contributed by atoms with Gasteiger partial charge in [0.05, 0.1) is 6.61 Å². The fourth-order valence-electron chi connectivity index (χ4n) is 0.172. The van der Waals surface area contributed by atoms with Crippen molar-refractivity contribution in [3.63, 3.8) is 0 Å². The normalized spacial score (nSPS) is 10.6. The monoisotopic (exact) mass is 180 g/mol. The van der Waals surface area contributed by atoms with Gasteiger partial charge in [-0.25, -0.2) is 0 Å². The quantitative estimate of drug-likeness (QED) is 0.375. The van der Waals surface area contributed by atoms with Crippen LogP contribution in [-0.2, 0) is 16.3 Å². The summed E-state index contributed by atoms with van der Waals surface area (Å²) >= 11 is 4.09. The van der Waals surface area contributed by atoms with Gasteiger partial charge in [-0.2, -0.15) is 0 Å². The van der Waals surface area contributed by atoms with Crippen LogP contribution in [0.4, 0.5) is 0 Å². The van der Waals surface area contributed by atoms with Crippen LogP contribution in [0.25, 0.3) is 0 Å². The van der Waals surface area contributed by atoms with Gasteiger partial charge in [0.2, 0.25) is 0 Å². The first-order valence-electron chi connectivity index (χ1n) is 1.96. The molecule has 0 spiro atoms. The number of rotatable bonds is 3. The molecule has 4 nitrogen and oxygen atoms in total. The van der Waals surface area contributed by atoms with Crippen LogP contribution in [-0.4, -0.2) is 52.5 Å². The largest absolute Gasteiger partial charge is 0.328 e. The molecule has 0 atom stereocenters. The summed E-state index contributed by atoms with van der Waals surface area (Å²) in [5.41, 5.74) is 4.96. The van der Waals surface area contributed by atoms with Crippen molar-refractivity contribution >= 4 is 48.1 Å². The molecule has 0 rings (SSSR count). The second-order valence-electron chi connectivity index (χ2n) is 1.11. The summed E-state index contributed by atoms with van der Waals surface area (Å²) in [4.78, 5) is 16.7. The van der Waals surface area contributed by atoms with E-state index in [1.165, 1.54) is 0 Å². The molecule has 0 aromatic heterocycles. The van der Waals surface area contributed by atoms with E-state index in [2.05, 4.69) is 16.3 Å². The van der Waals surface area contributed by atoms with Gasteiger partial charge in [0.15, 0.2) is 0 Å². The number of nitrogens with two attached hydrogens (primary N) is 1. The first-order chi connectivity index (χ1) is 3.56. The molecule has 0 fully saturated rings. The molecule has 0 heterocycles. The Morgan fingerprint density at radius 1 is 1.56 bits per heavy atom. The van der Waals surface area contributed by atoms with Crippen molar-refractivity contribution in [2.75, 3.05) is 13.2 Å². The zero-order valence-corrected chi connectivity index (χ0v) is 8.86. The van der Waals surface area contributed by atoms with Crippen LogP contribution in [0.15, 0.2) is 0 Å². The minimum absolute atomic E-state index is 0. The Hall–Kier alpha value is 1.49. The molecule has 0 aromatic rings. The molecule has 9 heavy (non-hydrogen) atoms. The Balaban J connectivity index is 0. The Morgan fingerprint density at radius 3 is 2.11 bits per heavy atom. The van der Waals surface area contributed by atoms with Crippen molar-refractivity contribution in [2.45, 2.75) is 0 Å². The van der Waals surface area contributed by atoms with Gasteiger partial charge in [0, 0.05) is 36.1 Å². The number of hydrogen-bond donors (Lipinski definition) is 3. The molecular formula is C2H8NNaO3PS. The molecule has 0 aliphatic rings. The van der Waals surface area contributed by atoms with E-state index in [-0.39, 0.29) is 42.7 Å². The molecule has 0 bridgehead atoms. The van der Waals surface area contributed by atoms with Crippen molar-refractivity contribution in [2.24, 2.45) is 5.73 Å². The maximum Gasteiger partial charge on any atom is 0.321 e. The minimum atomic E-state index is -3.43. The molecule has 0 amide bonds. The zero-order valence-electron chi connectivity index (χ0n) is 5.15. The van der Waals surface area contributed by atoms with Gasteiger partial charge in [-0.05, 0) is 11.8 Å². The molecule has 0 aromatic carbocycles. The van der Waals surface area contributed by atoms with E-state index in [1.807, 2.05) is 0 Å². The summed E-state index contributed by atoms with van der Waals surface area (Å²) in [5.74, 6) is 0. The van der Waals surface area contributed by atoms with Crippen LogP contribution in [0.3, 0.4) is 0 Å². The van der Waals surface area contributed by atoms with Gasteiger partial charge in [-0.1, -0.05) is 0 Å². The molecule has 51 valence electrons. The molecule has 1 radical (unpaired) electrons. The van der Waals surface area contributed by atoms with E-state index in [0.717, 1.165) is 0 Å². The Morgan fingerprint density at radius 2 is 2.00 bits per heavy atom. The van der Waals surface area contributed by atoms with Gasteiger partial charge in [0.25, 0.3) is 0 Å². The maximum atomic E-state index is 8.35.